The number of carbonyl (C=O) groups excluding carboxylic acids is 2. The number of hydrogen-bond acceptors (Lipinski definition) is 4. The predicted molar refractivity (Wildman–Crippen MR) is 146 cm³/mol. The van der Waals surface area contributed by atoms with Gasteiger partial charge in [-0.05, 0) is 57.0 Å². The number of rotatable bonds is 10. The summed E-state index contributed by atoms with van der Waals surface area (Å²) < 4.78 is 0. The van der Waals surface area contributed by atoms with Crippen molar-refractivity contribution in [2.75, 3.05) is 0 Å². The Labute approximate surface area is 218 Å². The van der Waals surface area contributed by atoms with Gasteiger partial charge in [0.2, 0.25) is 11.8 Å². The summed E-state index contributed by atoms with van der Waals surface area (Å²) in [6.45, 7) is 8.38. The summed E-state index contributed by atoms with van der Waals surface area (Å²) in [6, 6.07) is 21.4. The first-order chi connectivity index (χ1) is 17.8. The number of aromatic amines is 1. The number of nitrogens with zero attached hydrogens (tertiary/aromatic N) is 3. The molecule has 7 nitrogen and oxygen atoms in total. The van der Waals surface area contributed by atoms with Gasteiger partial charge >= 0.3 is 0 Å². The Kier molecular flexibility index (Phi) is 8.33. The minimum Gasteiger partial charge on any atom is -0.349 e. The van der Waals surface area contributed by atoms with E-state index in [1.54, 1.807) is 12.4 Å². The van der Waals surface area contributed by atoms with Gasteiger partial charge in [0, 0.05) is 36.8 Å². The normalized spacial score (nSPS) is 13.0. The van der Waals surface area contributed by atoms with Crippen molar-refractivity contribution in [3.05, 3.63) is 96.1 Å². The van der Waals surface area contributed by atoms with Gasteiger partial charge in [0.05, 0.1) is 23.5 Å². The Morgan fingerprint density at radius 1 is 0.892 bits per heavy atom. The van der Waals surface area contributed by atoms with Crippen LogP contribution in [0.1, 0.15) is 62.9 Å². The molecule has 192 valence electrons. The molecule has 2 unspecified atom stereocenters. The summed E-state index contributed by atoms with van der Waals surface area (Å²) in [5.74, 6) is -0.378. The molecule has 4 aromatic rings. The van der Waals surface area contributed by atoms with Crippen LogP contribution in [0.25, 0.3) is 11.0 Å². The molecule has 2 amide bonds. The molecule has 37 heavy (non-hydrogen) atoms. The smallest absolute Gasteiger partial charge is 0.231 e. The standard InChI is InChI=1S/C30H35N5O2/c1-20(2)35(21(3)4)30(37)29(23-13-10-16-31-18-23)24(22-11-6-5-7-12-22)17-28(36)32-19-27-33-25-14-8-9-15-26(25)34-27/h5-16,18,20-21,24,29H,17,19H2,1-4H3,(H,32,36)(H,33,34). The summed E-state index contributed by atoms with van der Waals surface area (Å²) >= 11 is 0. The Morgan fingerprint density at radius 3 is 2.22 bits per heavy atom. The minimum absolute atomic E-state index is 0.00284. The van der Waals surface area contributed by atoms with Gasteiger partial charge in [-0.15, -0.1) is 0 Å². The van der Waals surface area contributed by atoms with Crippen molar-refractivity contribution in [3.8, 4) is 0 Å². The van der Waals surface area contributed by atoms with E-state index in [0.29, 0.717) is 5.82 Å². The lowest BCUT2D eigenvalue weighted by Gasteiger charge is -2.37. The van der Waals surface area contributed by atoms with Crippen LogP contribution in [0.2, 0.25) is 0 Å². The fourth-order valence-electron chi connectivity index (χ4n) is 5.04. The molecule has 2 atom stereocenters. The fraction of sp³-hybridized carbons (Fsp3) is 0.333. The van der Waals surface area contributed by atoms with Gasteiger partial charge in [-0.2, -0.15) is 0 Å². The second-order valence-electron chi connectivity index (χ2n) is 9.90. The van der Waals surface area contributed by atoms with Gasteiger partial charge < -0.3 is 15.2 Å². The number of pyridine rings is 1. The number of benzene rings is 2. The SMILES string of the molecule is CC(C)N(C(=O)C(c1cccnc1)C(CC(=O)NCc1nc2ccccc2[nH]1)c1ccccc1)C(C)C. The number of hydrogen-bond donors (Lipinski definition) is 2. The van der Waals surface area contributed by atoms with E-state index in [1.165, 1.54) is 0 Å². The molecule has 2 N–H and O–H groups in total. The lowest BCUT2D eigenvalue weighted by Crippen LogP contribution is -2.46. The van der Waals surface area contributed by atoms with Gasteiger partial charge in [-0.3, -0.25) is 14.6 Å². The molecule has 2 aromatic heterocycles. The van der Waals surface area contributed by atoms with Crippen molar-refractivity contribution in [1.82, 2.24) is 25.2 Å². The maximum Gasteiger partial charge on any atom is 0.231 e. The van der Waals surface area contributed by atoms with Crippen LogP contribution in [0.15, 0.2) is 79.1 Å². The number of aromatic nitrogens is 3. The molecule has 0 aliphatic rings. The van der Waals surface area contributed by atoms with Crippen LogP contribution < -0.4 is 5.32 Å². The van der Waals surface area contributed by atoms with E-state index < -0.39 is 5.92 Å². The number of para-hydroxylation sites is 2. The summed E-state index contributed by atoms with van der Waals surface area (Å²) in [7, 11) is 0. The molecule has 4 rings (SSSR count). The number of H-pyrrole nitrogens is 1. The lowest BCUT2D eigenvalue weighted by atomic mass is 9.78. The van der Waals surface area contributed by atoms with Crippen molar-refractivity contribution in [1.29, 1.82) is 0 Å². The molecule has 0 saturated carbocycles. The third-order valence-corrected chi connectivity index (χ3v) is 6.60. The highest BCUT2D eigenvalue weighted by molar-refractivity contribution is 5.87. The van der Waals surface area contributed by atoms with E-state index in [9.17, 15) is 9.59 Å². The molecule has 0 aliphatic carbocycles. The second-order valence-corrected chi connectivity index (χ2v) is 9.90. The van der Waals surface area contributed by atoms with Crippen LogP contribution in [-0.4, -0.2) is 43.7 Å². The molecule has 2 heterocycles. The Hall–Kier alpha value is -4.00. The number of imidazole rings is 1. The van der Waals surface area contributed by atoms with Gasteiger partial charge in [0.1, 0.15) is 5.82 Å². The van der Waals surface area contributed by atoms with E-state index in [0.717, 1.165) is 22.2 Å². The molecule has 2 aromatic carbocycles. The third-order valence-electron chi connectivity index (χ3n) is 6.60. The number of nitrogens with one attached hydrogen (secondary N) is 2. The molecule has 0 radical (unpaired) electrons. The lowest BCUT2D eigenvalue weighted by molar-refractivity contribution is -0.137. The summed E-state index contributed by atoms with van der Waals surface area (Å²) in [6.07, 6.45) is 3.59. The molecule has 7 heteroatoms. The summed E-state index contributed by atoms with van der Waals surface area (Å²) in [5, 5.41) is 3.01. The highest BCUT2D eigenvalue weighted by atomic mass is 16.2. The molecule has 0 fully saturated rings. The number of fused-ring (bicyclic) bond motifs is 1. The van der Waals surface area contributed by atoms with Gasteiger partial charge in [0.25, 0.3) is 0 Å². The Morgan fingerprint density at radius 2 is 1.57 bits per heavy atom. The zero-order chi connectivity index (χ0) is 26.4. The molecular formula is C30H35N5O2. The highest BCUT2D eigenvalue weighted by Gasteiger charge is 2.37. The summed E-state index contributed by atoms with van der Waals surface area (Å²) in [5.41, 5.74) is 3.53. The van der Waals surface area contributed by atoms with E-state index >= 15 is 0 Å². The first-order valence-corrected chi connectivity index (χ1v) is 12.8. The maximum absolute atomic E-state index is 14.2. The predicted octanol–water partition coefficient (Wildman–Crippen LogP) is 5.18. The molecule has 0 spiro atoms. The van der Waals surface area contributed by atoms with E-state index in [-0.39, 0.29) is 42.8 Å². The molecule has 0 aliphatic heterocycles. The molecular weight excluding hydrogens is 462 g/mol. The van der Waals surface area contributed by atoms with Crippen LogP contribution >= 0.6 is 0 Å². The van der Waals surface area contributed by atoms with Crippen molar-refractivity contribution in [2.45, 2.75) is 64.6 Å². The maximum atomic E-state index is 14.2. The van der Waals surface area contributed by atoms with Crippen molar-refractivity contribution < 1.29 is 9.59 Å². The monoisotopic (exact) mass is 497 g/mol. The van der Waals surface area contributed by atoms with Gasteiger partial charge in [0.15, 0.2) is 0 Å². The van der Waals surface area contributed by atoms with Crippen molar-refractivity contribution in [2.24, 2.45) is 0 Å². The number of amides is 2. The van der Waals surface area contributed by atoms with Crippen molar-refractivity contribution in [3.63, 3.8) is 0 Å². The first-order valence-electron chi connectivity index (χ1n) is 12.8. The van der Waals surface area contributed by atoms with Gasteiger partial charge in [-0.1, -0.05) is 48.5 Å². The minimum atomic E-state index is -0.558. The average Bonchev–Trinajstić information content (AvgIpc) is 3.31. The Balaban J connectivity index is 1.64. The van der Waals surface area contributed by atoms with Crippen LogP contribution in [0.4, 0.5) is 0 Å². The van der Waals surface area contributed by atoms with Crippen LogP contribution in [-0.2, 0) is 16.1 Å². The largest absolute Gasteiger partial charge is 0.349 e. The van der Waals surface area contributed by atoms with E-state index in [2.05, 4.69) is 20.3 Å². The summed E-state index contributed by atoms with van der Waals surface area (Å²) in [4.78, 5) is 41.5. The van der Waals surface area contributed by atoms with Crippen LogP contribution in [0.5, 0.6) is 0 Å². The second kappa shape index (κ2) is 11.8. The number of carbonyl (C=O) groups is 2. The van der Waals surface area contributed by atoms with Crippen molar-refractivity contribution >= 4 is 22.8 Å². The van der Waals surface area contributed by atoms with Crippen LogP contribution in [0.3, 0.4) is 0 Å². The van der Waals surface area contributed by atoms with E-state index in [4.69, 9.17) is 0 Å². The highest BCUT2D eigenvalue weighted by Crippen LogP contribution is 2.38. The topological polar surface area (TPSA) is 91.0 Å². The van der Waals surface area contributed by atoms with E-state index in [1.807, 2.05) is 99.3 Å². The zero-order valence-electron chi connectivity index (χ0n) is 21.9. The molecule has 0 bridgehead atoms. The van der Waals surface area contributed by atoms with Gasteiger partial charge in [-0.25, -0.2) is 4.98 Å². The molecule has 0 saturated heterocycles. The first kappa shape index (κ1) is 26.1. The van der Waals surface area contributed by atoms with Crippen LogP contribution in [0, 0.1) is 0 Å². The quantitative estimate of drug-likeness (QED) is 0.316. The Bertz CT molecular complexity index is 1280. The third kappa shape index (κ3) is 6.23. The zero-order valence-corrected chi connectivity index (χ0v) is 21.9. The fourth-order valence-corrected chi connectivity index (χ4v) is 5.04. The average molecular weight is 498 g/mol.